The molecule has 2 aromatic heterocycles. The highest BCUT2D eigenvalue weighted by molar-refractivity contribution is 6.09. The van der Waals surface area contributed by atoms with Crippen molar-refractivity contribution in [2.75, 3.05) is 25.4 Å². The summed E-state index contributed by atoms with van der Waals surface area (Å²) < 4.78 is 14.0. The topological polar surface area (TPSA) is 87.2 Å². The Kier molecular flexibility index (Phi) is 4.65. The molecule has 0 radical (unpaired) electrons. The van der Waals surface area contributed by atoms with Crippen LogP contribution in [0.1, 0.15) is 25.6 Å². The first-order valence-electron chi connectivity index (χ1n) is 9.17. The highest BCUT2D eigenvalue weighted by Crippen LogP contribution is 2.35. The number of ether oxygens (including phenoxy) is 2. The van der Waals surface area contributed by atoms with Crippen LogP contribution < -0.4 is 15.8 Å². The molecule has 1 fully saturated rings. The Bertz CT molecular complexity index is 931. The molecule has 1 saturated heterocycles. The summed E-state index contributed by atoms with van der Waals surface area (Å²) >= 11 is 0. The number of rotatable bonds is 5. The minimum absolute atomic E-state index is 0.213. The number of piperidine rings is 1. The summed E-state index contributed by atoms with van der Waals surface area (Å²) in [5, 5.41) is 4.34. The molecule has 0 amide bonds. The Morgan fingerprint density at radius 3 is 2.85 bits per heavy atom. The van der Waals surface area contributed by atoms with Gasteiger partial charge in [0.1, 0.15) is 29.8 Å². The van der Waals surface area contributed by atoms with Crippen molar-refractivity contribution in [3.8, 4) is 5.75 Å². The second-order valence-electron chi connectivity index (χ2n) is 6.64. The van der Waals surface area contributed by atoms with Gasteiger partial charge in [0, 0.05) is 13.7 Å². The lowest BCUT2D eigenvalue weighted by atomic mass is 10.1. The number of nitrogens with zero attached hydrogens (tertiary/aromatic N) is 3. The monoisotopic (exact) mass is 355 g/mol. The molecule has 138 valence electrons. The van der Waals surface area contributed by atoms with Crippen molar-refractivity contribution in [3.63, 3.8) is 0 Å². The number of aromatic nitrogens is 3. The molecule has 0 atom stereocenters. The maximum atomic E-state index is 6.37. The number of hydrogen-bond donors (Lipinski definition) is 2. The molecular weight excluding hydrogens is 330 g/mol. The van der Waals surface area contributed by atoms with E-state index in [2.05, 4.69) is 15.3 Å². The van der Waals surface area contributed by atoms with E-state index in [-0.39, 0.29) is 6.10 Å². The summed E-state index contributed by atoms with van der Waals surface area (Å²) in [7, 11) is 1.99. The van der Waals surface area contributed by atoms with Gasteiger partial charge in [0.05, 0.1) is 16.4 Å². The van der Waals surface area contributed by atoms with Crippen molar-refractivity contribution in [3.05, 3.63) is 24.0 Å². The summed E-state index contributed by atoms with van der Waals surface area (Å²) in [6.07, 6.45) is 2.22. The highest BCUT2D eigenvalue weighted by atomic mass is 16.5. The number of benzene rings is 1. The van der Waals surface area contributed by atoms with Crippen LogP contribution in [0.2, 0.25) is 0 Å². The first-order valence-corrected chi connectivity index (χ1v) is 9.17. The van der Waals surface area contributed by atoms with Gasteiger partial charge in [0.15, 0.2) is 5.82 Å². The van der Waals surface area contributed by atoms with Gasteiger partial charge >= 0.3 is 0 Å². The summed E-state index contributed by atoms with van der Waals surface area (Å²) in [5.41, 5.74) is 8.67. The minimum Gasteiger partial charge on any atom is -0.490 e. The SMILES string of the molecule is CCOCc1nc2c(N)nc3cccc(OC4CCNCC4)c3c2n1C. The number of fused-ring (bicyclic) bond motifs is 3. The van der Waals surface area contributed by atoms with Crippen LogP contribution in [0.15, 0.2) is 18.2 Å². The quantitative estimate of drug-likeness (QED) is 0.731. The molecule has 0 saturated carbocycles. The summed E-state index contributed by atoms with van der Waals surface area (Å²) in [6, 6.07) is 5.95. The van der Waals surface area contributed by atoms with Crippen LogP contribution in [0.4, 0.5) is 5.82 Å². The molecule has 1 aromatic carbocycles. The van der Waals surface area contributed by atoms with Gasteiger partial charge in [-0.25, -0.2) is 9.97 Å². The van der Waals surface area contributed by atoms with Crippen molar-refractivity contribution < 1.29 is 9.47 Å². The molecule has 26 heavy (non-hydrogen) atoms. The van der Waals surface area contributed by atoms with E-state index in [1.165, 1.54) is 0 Å². The second kappa shape index (κ2) is 7.09. The fraction of sp³-hybridized carbons (Fsp3) is 0.474. The first kappa shape index (κ1) is 17.1. The van der Waals surface area contributed by atoms with Crippen LogP contribution in [-0.4, -0.2) is 40.3 Å². The van der Waals surface area contributed by atoms with Crippen LogP contribution in [-0.2, 0) is 18.4 Å². The molecule has 1 aliphatic heterocycles. The molecule has 3 heterocycles. The van der Waals surface area contributed by atoms with Gasteiger partial charge in [-0.2, -0.15) is 0 Å². The fourth-order valence-corrected chi connectivity index (χ4v) is 3.56. The maximum absolute atomic E-state index is 6.37. The fourth-order valence-electron chi connectivity index (χ4n) is 3.56. The lowest BCUT2D eigenvalue weighted by molar-refractivity contribution is 0.126. The van der Waals surface area contributed by atoms with Crippen LogP contribution in [0, 0.1) is 0 Å². The predicted molar refractivity (Wildman–Crippen MR) is 102 cm³/mol. The van der Waals surface area contributed by atoms with Crippen molar-refractivity contribution >= 4 is 27.8 Å². The standard InChI is InChI=1S/C19H25N5O2/c1-3-25-11-15-23-17-18(24(15)2)16-13(22-19(17)20)5-4-6-14(16)26-12-7-9-21-10-8-12/h4-6,12,21H,3,7-11H2,1-2H3,(H2,20,22). The molecule has 7 nitrogen and oxygen atoms in total. The van der Waals surface area contributed by atoms with E-state index in [9.17, 15) is 0 Å². The van der Waals surface area contributed by atoms with E-state index in [1.807, 2.05) is 36.7 Å². The third kappa shape index (κ3) is 2.97. The maximum Gasteiger partial charge on any atom is 0.152 e. The number of nitrogens with two attached hydrogens (primary N) is 1. The molecule has 7 heteroatoms. The van der Waals surface area contributed by atoms with Gasteiger partial charge in [-0.15, -0.1) is 0 Å². The van der Waals surface area contributed by atoms with E-state index in [4.69, 9.17) is 15.2 Å². The van der Waals surface area contributed by atoms with E-state index in [0.29, 0.717) is 24.5 Å². The van der Waals surface area contributed by atoms with Crippen molar-refractivity contribution in [2.45, 2.75) is 32.5 Å². The van der Waals surface area contributed by atoms with Crippen LogP contribution in [0.25, 0.3) is 21.9 Å². The zero-order chi connectivity index (χ0) is 18.1. The molecule has 0 spiro atoms. The van der Waals surface area contributed by atoms with Crippen molar-refractivity contribution in [1.82, 2.24) is 19.9 Å². The zero-order valence-electron chi connectivity index (χ0n) is 15.3. The smallest absolute Gasteiger partial charge is 0.152 e. The van der Waals surface area contributed by atoms with Crippen LogP contribution in [0.3, 0.4) is 0 Å². The van der Waals surface area contributed by atoms with Gasteiger partial charge in [0.25, 0.3) is 0 Å². The van der Waals surface area contributed by atoms with E-state index in [0.717, 1.165) is 53.9 Å². The van der Waals surface area contributed by atoms with Crippen molar-refractivity contribution in [2.24, 2.45) is 7.05 Å². The number of anilines is 1. The lowest BCUT2D eigenvalue weighted by Crippen LogP contribution is -2.34. The average Bonchev–Trinajstić information content (AvgIpc) is 2.98. The normalized spacial score (nSPS) is 15.8. The molecular formula is C19H25N5O2. The number of imidazole rings is 1. The number of aryl methyl sites for hydroxylation is 1. The Balaban J connectivity index is 1.87. The molecule has 3 aromatic rings. The Hall–Kier alpha value is -2.38. The highest BCUT2D eigenvalue weighted by Gasteiger charge is 2.21. The minimum atomic E-state index is 0.213. The molecule has 3 N–H and O–H groups in total. The Morgan fingerprint density at radius 2 is 2.08 bits per heavy atom. The summed E-state index contributed by atoms with van der Waals surface area (Å²) in [5.74, 6) is 2.11. The summed E-state index contributed by atoms with van der Waals surface area (Å²) in [4.78, 5) is 9.23. The van der Waals surface area contributed by atoms with Crippen molar-refractivity contribution in [1.29, 1.82) is 0 Å². The number of hydrogen-bond acceptors (Lipinski definition) is 6. The summed E-state index contributed by atoms with van der Waals surface area (Å²) in [6.45, 7) is 5.03. The van der Waals surface area contributed by atoms with Crippen LogP contribution in [0.5, 0.6) is 5.75 Å². The lowest BCUT2D eigenvalue weighted by Gasteiger charge is -2.24. The average molecular weight is 355 g/mol. The second-order valence-corrected chi connectivity index (χ2v) is 6.64. The molecule has 1 aliphatic rings. The van der Waals surface area contributed by atoms with E-state index >= 15 is 0 Å². The number of pyridine rings is 1. The van der Waals surface area contributed by atoms with E-state index in [1.54, 1.807) is 0 Å². The largest absolute Gasteiger partial charge is 0.490 e. The molecule has 0 unspecified atom stereocenters. The zero-order valence-corrected chi connectivity index (χ0v) is 15.3. The Morgan fingerprint density at radius 1 is 1.27 bits per heavy atom. The van der Waals surface area contributed by atoms with Gasteiger partial charge in [-0.05, 0) is 45.0 Å². The van der Waals surface area contributed by atoms with Gasteiger partial charge in [0.2, 0.25) is 0 Å². The predicted octanol–water partition coefficient (Wildman–Crippen LogP) is 2.37. The molecule has 0 bridgehead atoms. The van der Waals surface area contributed by atoms with Gasteiger partial charge in [-0.1, -0.05) is 6.07 Å². The van der Waals surface area contributed by atoms with Crippen LogP contribution >= 0.6 is 0 Å². The Labute approximate surface area is 152 Å². The first-order chi connectivity index (χ1) is 12.7. The number of nitrogen functional groups attached to an aromatic ring is 1. The molecule has 4 rings (SSSR count). The van der Waals surface area contributed by atoms with Gasteiger partial charge in [-0.3, -0.25) is 0 Å². The third-order valence-electron chi connectivity index (χ3n) is 4.93. The number of nitrogens with one attached hydrogen (secondary N) is 1. The van der Waals surface area contributed by atoms with Gasteiger partial charge < -0.3 is 25.1 Å². The third-order valence-corrected chi connectivity index (χ3v) is 4.93. The molecule has 0 aliphatic carbocycles. The van der Waals surface area contributed by atoms with E-state index < -0.39 is 0 Å².